The molecule has 1 aliphatic carbocycles. The third kappa shape index (κ3) is 3.77. The standard InChI is InChI=1S/C19H29N5O2/c25-17-15-9-7-5-3-1-2-4-6-8-10-16(15)20-18-21-19(22-24(17)18)23-11-13-26-14-12-23/h25H,1-14H2/p-1. The van der Waals surface area contributed by atoms with Crippen molar-refractivity contribution in [2.45, 2.75) is 64.2 Å². The van der Waals surface area contributed by atoms with Crippen molar-refractivity contribution < 1.29 is 9.84 Å². The predicted molar refractivity (Wildman–Crippen MR) is 97.6 cm³/mol. The SMILES string of the molecule is [O-]c1c2c(nc3nc(N4CCOCC4)nn13)CCCCCCCCCC2. The van der Waals surface area contributed by atoms with Gasteiger partial charge in [-0.3, -0.25) is 0 Å². The highest BCUT2D eigenvalue weighted by atomic mass is 16.5. The summed E-state index contributed by atoms with van der Waals surface area (Å²) in [6, 6.07) is 0. The molecule has 1 fully saturated rings. The van der Waals surface area contributed by atoms with Crippen molar-refractivity contribution in [1.29, 1.82) is 0 Å². The molecule has 1 aliphatic heterocycles. The molecule has 4 rings (SSSR count). The van der Waals surface area contributed by atoms with Crippen LogP contribution in [0.4, 0.5) is 5.95 Å². The molecule has 0 atom stereocenters. The van der Waals surface area contributed by atoms with E-state index in [9.17, 15) is 5.11 Å². The number of hydrogen-bond donors (Lipinski definition) is 0. The number of rotatable bonds is 1. The summed E-state index contributed by atoms with van der Waals surface area (Å²) in [5, 5.41) is 17.5. The van der Waals surface area contributed by atoms with Crippen molar-refractivity contribution in [3.8, 4) is 5.88 Å². The van der Waals surface area contributed by atoms with Crippen LogP contribution >= 0.6 is 0 Å². The fourth-order valence-corrected chi connectivity index (χ4v) is 3.95. The second-order valence-electron chi connectivity index (χ2n) is 7.39. The Morgan fingerprint density at radius 3 is 2.19 bits per heavy atom. The summed E-state index contributed by atoms with van der Waals surface area (Å²) in [7, 11) is 0. The van der Waals surface area contributed by atoms with E-state index in [0.717, 1.165) is 50.0 Å². The van der Waals surface area contributed by atoms with Gasteiger partial charge in [0.05, 0.1) is 13.2 Å². The molecule has 0 unspecified atom stereocenters. The second-order valence-corrected chi connectivity index (χ2v) is 7.39. The molecule has 0 N–H and O–H groups in total. The van der Waals surface area contributed by atoms with Crippen LogP contribution < -0.4 is 10.0 Å². The number of nitrogens with zero attached hydrogens (tertiary/aromatic N) is 5. The average molecular weight is 358 g/mol. The zero-order chi connectivity index (χ0) is 17.8. The lowest BCUT2D eigenvalue weighted by molar-refractivity contribution is -0.278. The number of ether oxygens (including phenoxy) is 1. The molecule has 0 bridgehead atoms. The maximum absolute atomic E-state index is 13.1. The average Bonchev–Trinajstić information content (AvgIpc) is 3.09. The zero-order valence-corrected chi connectivity index (χ0v) is 15.5. The molecular weight excluding hydrogens is 330 g/mol. The molecule has 7 nitrogen and oxygen atoms in total. The van der Waals surface area contributed by atoms with Crippen LogP contribution in [0, 0.1) is 0 Å². The third-order valence-corrected chi connectivity index (χ3v) is 5.50. The first kappa shape index (κ1) is 17.5. The lowest BCUT2D eigenvalue weighted by atomic mass is 9.99. The van der Waals surface area contributed by atoms with E-state index < -0.39 is 0 Å². The van der Waals surface area contributed by atoms with E-state index in [1.807, 2.05) is 0 Å². The Morgan fingerprint density at radius 1 is 0.808 bits per heavy atom. The quantitative estimate of drug-likeness (QED) is 0.778. The van der Waals surface area contributed by atoms with Crippen LogP contribution in [-0.2, 0) is 17.6 Å². The molecule has 0 amide bonds. The van der Waals surface area contributed by atoms with Crippen molar-refractivity contribution in [1.82, 2.24) is 19.6 Å². The van der Waals surface area contributed by atoms with Gasteiger partial charge in [-0.2, -0.15) is 4.98 Å². The Kier molecular flexibility index (Phi) is 5.53. The predicted octanol–water partition coefficient (Wildman–Crippen LogP) is 2.25. The van der Waals surface area contributed by atoms with E-state index in [-0.39, 0.29) is 5.88 Å². The van der Waals surface area contributed by atoms with Gasteiger partial charge in [-0.1, -0.05) is 38.5 Å². The summed E-state index contributed by atoms with van der Waals surface area (Å²) >= 11 is 0. The van der Waals surface area contributed by atoms with E-state index in [0.29, 0.717) is 24.9 Å². The number of hydrogen-bond acceptors (Lipinski definition) is 6. The molecule has 0 radical (unpaired) electrons. The Balaban J connectivity index is 1.66. The number of fused-ring (bicyclic) bond motifs is 2. The van der Waals surface area contributed by atoms with Crippen LogP contribution in [0.5, 0.6) is 5.88 Å². The van der Waals surface area contributed by atoms with Crippen LogP contribution in [0.1, 0.15) is 62.6 Å². The first-order valence-electron chi connectivity index (χ1n) is 10.1. The van der Waals surface area contributed by atoms with Crippen molar-refractivity contribution >= 4 is 11.7 Å². The van der Waals surface area contributed by atoms with E-state index >= 15 is 0 Å². The normalized spacial score (nSPS) is 20.4. The highest BCUT2D eigenvalue weighted by molar-refractivity contribution is 5.45. The number of aryl methyl sites for hydroxylation is 1. The van der Waals surface area contributed by atoms with Crippen LogP contribution in [0.2, 0.25) is 0 Å². The van der Waals surface area contributed by atoms with Crippen LogP contribution in [0.25, 0.3) is 5.78 Å². The number of morpholine rings is 1. The summed E-state index contributed by atoms with van der Waals surface area (Å²) in [6.07, 6.45) is 11.4. The summed E-state index contributed by atoms with van der Waals surface area (Å²) < 4.78 is 6.80. The largest absolute Gasteiger partial charge is 0.858 e. The number of aromatic nitrogens is 4. The van der Waals surface area contributed by atoms with Gasteiger partial charge < -0.3 is 14.7 Å². The molecular formula is C19H28N5O2-. The molecule has 2 aromatic rings. The van der Waals surface area contributed by atoms with Crippen LogP contribution in [-0.4, -0.2) is 45.9 Å². The van der Waals surface area contributed by atoms with Gasteiger partial charge in [0, 0.05) is 18.8 Å². The summed E-state index contributed by atoms with van der Waals surface area (Å²) in [5.74, 6) is 1.02. The highest BCUT2D eigenvalue weighted by Gasteiger charge is 2.19. The molecule has 1 saturated heterocycles. The fourth-order valence-electron chi connectivity index (χ4n) is 3.95. The molecule has 0 saturated carbocycles. The van der Waals surface area contributed by atoms with Crippen LogP contribution in [0.15, 0.2) is 0 Å². The van der Waals surface area contributed by atoms with Gasteiger partial charge in [-0.25, -0.2) is 9.50 Å². The minimum Gasteiger partial charge on any atom is -0.858 e. The molecule has 3 heterocycles. The van der Waals surface area contributed by atoms with Gasteiger partial charge in [0.25, 0.3) is 5.78 Å². The summed E-state index contributed by atoms with van der Waals surface area (Å²) in [6.45, 7) is 2.85. The van der Waals surface area contributed by atoms with Gasteiger partial charge in [0.1, 0.15) is 0 Å². The van der Waals surface area contributed by atoms with Gasteiger partial charge >= 0.3 is 0 Å². The van der Waals surface area contributed by atoms with Crippen LogP contribution in [0.3, 0.4) is 0 Å². The Hall–Kier alpha value is -1.89. The monoisotopic (exact) mass is 358 g/mol. The van der Waals surface area contributed by atoms with Crippen molar-refractivity contribution in [2.75, 3.05) is 31.2 Å². The molecule has 26 heavy (non-hydrogen) atoms. The minimum absolute atomic E-state index is 0.0194. The van der Waals surface area contributed by atoms with Gasteiger partial charge in [-0.15, -0.1) is 5.10 Å². The second kappa shape index (κ2) is 8.20. The lowest BCUT2D eigenvalue weighted by Gasteiger charge is -2.25. The third-order valence-electron chi connectivity index (χ3n) is 5.50. The maximum atomic E-state index is 13.1. The fraction of sp³-hybridized carbons (Fsp3) is 0.737. The highest BCUT2D eigenvalue weighted by Crippen LogP contribution is 2.25. The van der Waals surface area contributed by atoms with Crippen molar-refractivity contribution in [3.05, 3.63) is 11.3 Å². The van der Waals surface area contributed by atoms with Crippen molar-refractivity contribution in [3.63, 3.8) is 0 Å². The van der Waals surface area contributed by atoms with Gasteiger partial charge in [-0.05, 0) is 37.1 Å². The van der Waals surface area contributed by atoms with E-state index in [4.69, 9.17) is 9.72 Å². The first-order chi connectivity index (χ1) is 12.8. The lowest BCUT2D eigenvalue weighted by Crippen LogP contribution is -2.36. The molecule has 2 aliphatic rings. The molecule has 0 spiro atoms. The molecule has 2 aromatic heterocycles. The summed E-state index contributed by atoms with van der Waals surface area (Å²) in [5.41, 5.74) is 1.81. The van der Waals surface area contributed by atoms with E-state index in [2.05, 4.69) is 15.0 Å². The smallest absolute Gasteiger partial charge is 0.253 e. The van der Waals surface area contributed by atoms with E-state index in [1.165, 1.54) is 43.0 Å². The van der Waals surface area contributed by atoms with Crippen molar-refractivity contribution in [2.24, 2.45) is 0 Å². The van der Waals surface area contributed by atoms with E-state index in [1.54, 1.807) is 0 Å². The Bertz CT molecular complexity index is 739. The van der Waals surface area contributed by atoms with Gasteiger partial charge in [0.2, 0.25) is 5.95 Å². The Labute approximate surface area is 154 Å². The molecule has 142 valence electrons. The Morgan fingerprint density at radius 2 is 1.46 bits per heavy atom. The van der Waals surface area contributed by atoms with Gasteiger partial charge in [0.15, 0.2) is 0 Å². The first-order valence-corrected chi connectivity index (χ1v) is 10.1. The number of anilines is 1. The minimum atomic E-state index is -0.0194. The maximum Gasteiger partial charge on any atom is 0.253 e. The topological polar surface area (TPSA) is 78.6 Å². The summed E-state index contributed by atoms with van der Waals surface area (Å²) in [4.78, 5) is 11.4. The molecule has 7 heteroatoms. The zero-order valence-electron chi connectivity index (χ0n) is 15.5. The molecule has 0 aromatic carbocycles.